The van der Waals surface area contributed by atoms with Gasteiger partial charge in [0.05, 0.1) is 66.7 Å². The molecule has 4 aromatic heterocycles. The summed E-state index contributed by atoms with van der Waals surface area (Å²) in [6.07, 6.45) is 6.51. The standard InChI is InChI=1S/C32H41N5O7.C27H33N5O5/c1-32(2,3)44-31(40)37(20-21-16-27-28(19-34-21)43-15-14-42-27)22-8-10-35(11-9-22)12-13-36-26-17-23(41-5)6-7-24(26)25(18-29(36)38)30(39)33-4;1-28-27(34)22-15-26(33)32(23-14-20(35-2)3-4-21(22)23)10-9-31-7-5-18(6-8-31)29-16-19-13-24-25(17-30-19)37-12-11-36-24/h6-7,16-19,22H,8-15,20H2,1-5H3,(H,33,39);3-4,13-15,17-18,29H,5-12,16H2,1-2H3,(H,28,34). The Bertz CT molecular complexity index is 3340. The van der Waals surface area contributed by atoms with Gasteiger partial charge in [-0.2, -0.15) is 0 Å². The van der Waals surface area contributed by atoms with E-state index in [1.54, 1.807) is 66.9 Å². The second-order valence-electron chi connectivity index (χ2n) is 21.3. The number of benzene rings is 2. The molecule has 4 aliphatic heterocycles. The van der Waals surface area contributed by atoms with Crippen LogP contribution in [0.1, 0.15) is 78.6 Å². The highest BCUT2D eigenvalue weighted by Gasteiger charge is 2.32. The Hall–Kier alpha value is -7.95. The van der Waals surface area contributed by atoms with E-state index in [9.17, 15) is 24.0 Å². The summed E-state index contributed by atoms with van der Waals surface area (Å²) in [4.78, 5) is 79.9. The van der Waals surface area contributed by atoms with Gasteiger partial charge in [0.25, 0.3) is 22.9 Å². The number of fused-ring (bicyclic) bond motifs is 4. The molecule has 8 heterocycles. The minimum absolute atomic E-state index is 0.0456. The van der Waals surface area contributed by atoms with Crippen molar-refractivity contribution in [3.05, 3.63) is 116 Å². The van der Waals surface area contributed by atoms with Gasteiger partial charge in [-0.3, -0.25) is 34.0 Å². The zero-order valence-corrected chi connectivity index (χ0v) is 47.3. The molecule has 0 saturated carbocycles. The number of carbonyl (C=O) groups excluding carboxylic acids is 3. The molecule has 0 unspecified atom stereocenters. The zero-order chi connectivity index (χ0) is 57.2. The van der Waals surface area contributed by atoms with Gasteiger partial charge in [0, 0.05) is 119 Å². The Labute approximate surface area is 470 Å². The molecule has 10 rings (SSSR count). The van der Waals surface area contributed by atoms with Crippen LogP contribution in [0.4, 0.5) is 4.79 Å². The van der Waals surface area contributed by atoms with Gasteiger partial charge in [0.15, 0.2) is 23.0 Å². The fourth-order valence-corrected chi connectivity index (χ4v) is 10.6. The molecule has 2 fully saturated rings. The Kier molecular flexibility index (Phi) is 18.6. The molecule has 2 saturated heterocycles. The summed E-state index contributed by atoms with van der Waals surface area (Å²) in [5.74, 6) is 3.36. The van der Waals surface area contributed by atoms with Crippen molar-refractivity contribution in [2.75, 3.05) is 94.0 Å². The van der Waals surface area contributed by atoms with Crippen molar-refractivity contribution in [2.45, 2.75) is 90.3 Å². The molecule has 0 bridgehead atoms. The van der Waals surface area contributed by atoms with Crippen LogP contribution in [-0.2, 0) is 30.9 Å². The molecule has 432 valence electrons. The lowest BCUT2D eigenvalue weighted by Gasteiger charge is -2.39. The van der Waals surface area contributed by atoms with Crippen molar-refractivity contribution in [1.82, 2.24) is 49.8 Å². The normalized spacial score (nSPS) is 15.8. The Balaban J connectivity index is 0.000000198. The van der Waals surface area contributed by atoms with Gasteiger partial charge in [-0.25, -0.2) is 4.79 Å². The summed E-state index contributed by atoms with van der Waals surface area (Å²) in [5, 5.41) is 10.3. The second kappa shape index (κ2) is 26.1. The Morgan fingerprint density at radius 1 is 0.617 bits per heavy atom. The third-order valence-corrected chi connectivity index (χ3v) is 15.0. The molecule has 81 heavy (non-hydrogen) atoms. The average molecular weight is 1120 g/mol. The van der Waals surface area contributed by atoms with E-state index in [4.69, 9.17) is 33.2 Å². The minimum atomic E-state index is -0.637. The van der Waals surface area contributed by atoms with Crippen molar-refractivity contribution in [3.63, 3.8) is 0 Å². The van der Waals surface area contributed by atoms with Gasteiger partial charge in [-0.15, -0.1) is 0 Å². The molecule has 4 aliphatic rings. The number of amides is 3. The highest BCUT2D eigenvalue weighted by Crippen LogP contribution is 2.32. The van der Waals surface area contributed by atoms with Crippen LogP contribution in [0, 0.1) is 0 Å². The molecule has 0 aliphatic carbocycles. The monoisotopic (exact) mass is 1110 g/mol. The summed E-state index contributed by atoms with van der Waals surface area (Å²) in [6.45, 7) is 14.4. The van der Waals surface area contributed by atoms with Gasteiger partial charge in [-0.1, -0.05) is 0 Å². The number of carbonyl (C=O) groups is 3. The first-order valence-corrected chi connectivity index (χ1v) is 27.7. The number of nitrogens with zero attached hydrogens (tertiary/aromatic N) is 7. The predicted octanol–water partition coefficient (Wildman–Crippen LogP) is 5.23. The number of pyridine rings is 4. The van der Waals surface area contributed by atoms with Crippen LogP contribution >= 0.6 is 0 Å². The van der Waals surface area contributed by atoms with Crippen LogP contribution in [0.15, 0.2) is 82.6 Å². The second-order valence-corrected chi connectivity index (χ2v) is 21.3. The first-order chi connectivity index (χ1) is 39.1. The fourth-order valence-electron chi connectivity index (χ4n) is 10.6. The van der Waals surface area contributed by atoms with E-state index in [2.05, 4.69) is 35.7 Å². The van der Waals surface area contributed by atoms with Crippen LogP contribution in [0.2, 0.25) is 0 Å². The number of hydrogen-bond acceptors (Lipinski definition) is 17. The molecule has 0 spiro atoms. The average Bonchev–Trinajstić information content (AvgIpc) is 3.69. The number of likely N-dealkylation sites (tertiary alicyclic amines) is 2. The van der Waals surface area contributed by atoms with Crippen LogP contribution in [0.25, 0.3) is 21.8 Å². The first kappa shape index (κ1) is 57.7. The maximum Gasteiger partial charge on any atom is 0.410 e. The molecular formula is C59H74N10O12. The molecule has 22 heteroatoms. The number of ether oxygens (including phenoxy) is 7. The summed E-state index contributed by atoms with van der Waals surface area (Å²) in [7, 11) is 6.27. The topological polar surface area (TPSA) is 231 Å². The van der Waals surface area contributed by atoms with Crippen molar-refractivity contribution < 1.29 is 47.5 Å². The van der Waals surface area contributed by atoms with E-state index < -0.39 is 5.60 Å². The number of methoxy groups -OCH3 is 2. The third-order valence-electron chi connectivity index (χ3n) is 15.0. The van der Waals surface area contributed by atoms with Crippen LogP contribution in [-0.4, -0.2) is 163 Å². The number of nitrogens with one attached hydrogen (secondary N) is 3. The quantitative estimate of drug-likeness (QED) is 0.113. The van der Waals surface area contributed by atoms with Crippen LogP contribution in [0.5, 0.6) is 34.5 Å². The van der Waals surface area contributed by atoms with Crippen molar-refractivity contribution >= 4 is 39.7 Å². The van der Waals surface area contributed by atoms with Crippen LogP contribution in [0.3, 0.4) is 0 Å². The van der Waals surface area contributed by atoms with Crippen molar-refractivity contribution in [1.29, 1.82) is 0 Å². The zero-order valence-electron chi connectivity index (χ0n) is 47.3. The lowest BCUT2D eigenvalue weighted by Crippen LogP contribution is -2.49. The summed E-state index contributed by atoms with van der Waals surface area (Å²) < 4.78 is 42.5. The van der Waals surface area contributed by atoms with Gasteiger partial charge < -0.3 is 68.0 Å². The van der Waals surface area contributed by atoms with Gasteiger partial charge in [-0.05, 0) is 83.8 Å². The van der Waals surface area contributed by atoms with E-state index in [1.165, 1.54) is 12.1 Å². The van der Waals surface area contributed by atoms with Crippen LogP contribution < -0.4 is 55.5 Å². The van der Waals surface area contributed by atoms with E-state index in [1.807, 2.05) is 57.2 Å². The molecule has 2 aromatic carbocycles. The van der Waals surface area contributed by atoms with Crippen molar-refractivity contribution in [3.8, 4) is 34.5 Å². The third kappa shape index (κ3) is 14.2. The minimum Gasteiger partial charge on any atom is -0.497 e. The highest BCUT2D eigenvalue weighted by atomic mass is 16.6. The smallest absolute Gasteiger partial charge is 0.410 e. The molecule has 0 radical (unpaired) electrons. The van der Waals surface area contributed by atoms with Gasteiger partial charge in [0.1, 0.15) is 43.5 Å². The van der Waals surface area contributed by atoms with E-state index in [0.717, 1.165) is 75.2 Å². The van der Waals surface area contributed by atoms with E-state index in [0.29, 0.717) is 121 Å². The number of hydrogen-bond donors (Lipinski definition) is 3. The molecule has 6 aromatic rings. The first-order valence-electron chi connectivity index (χ1n) is 27.7. The number of rotatable bonds is 16. The number of piperidine rings is 2. The lowest BCUT2D eigenvalue weighted by molar-refractivity contribution is 0.00527. The van der Waals surface area contributed by atoms with Gasteiger partial charge in [0.2, 0.25) is 0 Å². The SMILES string of the molecule is CNC(=O)c1cc(=O)n(CCN2CCC(N(Cc3cc4c(cn3)OCCO4)C(=O)OC(C)(C)C)CC2)c2cc(OC)ccc12.CNC(=O)c1cc(=O)n(CCN2CCC(NCc3cc4c(cn3)OCCO4)CC2)c2cc(OC)ccc12. The van der Waals surface area contributed by atoms with E-state index in [-0.39, 0.29) is 41.6 Å². The molecule has 0 atom stereocenters. The molecular weight excluding hydrogens is 1040 g/mol. The Morgan fingerprint density at radius 2 is 1.07 bits per heavy atom. The summed E-state index contributed by atoms with van der Waals surface area (Å²) in [6, 6.07) is 17.8. The Morgan fingerprint density at radius 3 is 1.54 bits per heavy atom. The van der Waals surface area contributed by atoms with E-state index >= 15 is 0 Å². The summed E-state index contributed by atoms with van der Waals surface area (Å²) >= 11 is 0. The number of aromatic nitrogens is 4. The molecule has 3 N–H and O–H groups in total. The fraction of sp³-hybridized carbons (Fsp3) is 0.475. The predicted molar refractivity (Wildman–Crippen MR) is 304 cm³/mol. The largest absolute Gasteiger partial charge is 0.497 e. The molecule has 3 amide bonds. The summed E-state index contributed by atoms with van der Waals surface area (Å²) in [5.41, 5.74) is 2.62. The highest BCUT2D eigenvalue weighted by molar-refractivity contribution is 6.07. The molecule has 22 nitrogen and oxygen atoms in total. The lowest BCUT2D eigenvalue weighted by atomic mass is 10.0. The van der Waals surface area contributed by atoms with Gasteiger partial charge >= 0.3 is 6.09 Å². The maximum absolute atomic E-state index is 13.4. The van der Waals surface area contributed by atoms with Crippen molar-refractivity contribution in [2.24, 2.45) is 0 Å². The maximum atomic E-state index is 13.4.